The molecule has 0 fully saturated rings. The molecule has 0 bridgehead atoms. The van der Waals surface area contributed by atoms with Crippen LogP contribution in [0.1, 0.15) is 18.3 Å². The minimum absolute atomic E-state index is 0.0441. The van der Waals surface area contributed by atoms with E-state index >= 15 is 0 Å². The Morgan fingerprint density at radius 1 is 0.929 bits per heavy atom. The molecule has 0 spiro atoms. The van der Waals surface area contributed by atoms with Crippen LogP contribution >= 0.6 is 0 Å². The van der Waals surface area contributed by atoms with Crippen molar-refractivity contribution in [3.63, 3.8) is 0 Å². The molecule has 3 aromatic heterocycles. The van der Waals surface area contributed by atoms with Gasteiger partial charge >= 0.3 is 0 Å². The molecule has 4 aromatic rings. The lowest BCUT2D eigenvalue weighted by molar-refractivity contribution is 0.630. The van der Waals surface area contributed by atoms with Crippen LogP contribution in [-0.2, 0) is 13.0 Å². The Labute approximate surface area is 161 Å². The lowest BCUT2D eigenvalue weighted by atomic mass is 10.1. The maximum atomic E-state index is 14.1. The molecule has 4 rings (SSSR count). The van der Waals surface area contributed by atoms with Crippen LogP contribution in [0.5, 0.6) is 0 Å². The summed E-state index contributed by atoms with van der Waals surface area (Å²) in [6, 6.07) is 13.9. The average Bonchev–Trinajstić information content (AvgIpc) is 3.16. The van der Waals surface area contributed by atoms with E-state index in [-0.39, 0.29) is 11.8 Å². The van der Waals surface area contributed by atoms with E-state index in [9.17, 15) is 4.39 Å². The summed E-state index contributed by atoms with van der Waals surface area (Å²) in [6.07, 6.45) is 2.63. The number of pyridine rings is 1. The molecule has 0 aliphatic carbocycles. The first-order valence-electron chi connectivity index (χ1n) is 8.87. The predicted molar refractivity (Wildman–Crippen MR) is 104 cm³/mol. The van der Waals surface area contributed by atoms with Gasteiger partial charge in [0.25, 0.3) is 0 Å². The molecule has 0 radical (unpaired) electrons. The zero-order chi connectivity index (χ0) is 19.5. The predicted octanol–water partition coefficient (Wildman–Crippen LogP) is 3.13. The first-order valence-corrected chi connectivity index (χ1v) is 8.87. The van der Waals surface area contributed by atoms with E-state index in [1.165, 1.54) is 6.07 Å². The highest BCUT2D eigenvalue weighted by atomic mass is 19.1. The van der Waals surface area contributed by atoms with Crippen LogP contribution in [-0.4, -0.2) is 29.9 Å². The Morgan fingerprint density at radius 3 is 2.54 bits per heavy atom. The van der Waals surface area contributed by atoms with Crippen molar-refractivity contribution in [2.45, 2.75) is 19.9 Å². The summed E-state index contributed by atoms with van der Waals surface area (Å²) in [5.41, 5.74) is 9.51. The van der Waals surface area contributed by atoms with Crippen LogP contribution in [0.25, 0.3) is 22.6 Å². The van der Waals surface area contributed by atoms with Gasteiger partial charge < -0.3 is 5.73 Å². The van der Waals surface area contributed by atoms with Gasteiger partial charge in [0.2, 0.25) is 5.95 Å². The summed E-state index contributed by atoms with van der Waals surface area (Å²) in [5, 5.41) is 8.31. The molecule has 0 aliphatic rings. The topological polar surface area (TPSA) is 95.4 Å². The molecule has 0 amide bonds. The van der Waals surface area contributed by atoms with E-state index in [0.29, 0.717) is 29.2 Å². The van der Waals surface area contributed by atoms with Gasteiger partial charge in [0, 0.05) is 11.3 Å². The molecular formula is C20H18FN7. The zero-order valence-corrected chi connectivity index (χ0v) is 15.2. The summed E-state index contributed by atoms with van der Waals surface area (Å²) in [4.78, 5) is 12.9. The summed E-state index contributed by atoms with van der Waals surface area (Å²) < 4.78 is 15.8. The van der Waals surface area contributed by atoms with Gasteiger partial charge in [0.1, 0.15) is 11.5 Å². The third-order valence-electron chi connectivity index (χ3n) is 4.25. The number of rotatable bonds is 5. The highest BCUT2D eigenvalue weighted by molar-refractivity contribution is 5.67. The number of hydrogen-bond donors (Lipinski definition) is 1. The first-order chi connectivity index (χ1) is 13.6. The fourth-order valence-corrected chi connectivity index (χ4v) is 2.88. The number of benzene rings is 1. The van der Waals surface area contributed by atoms with Crippen LogP contribution in [0, 0.1) is 5.82 Å². The molecule has 0 atom stereocenters. The molecule has 0 unspecified atom stereocenters. The average molecular weight is 375 g/mol. The quantitative estimate of drug-likeness (QED) is 0.576. The molecule has 2 N–H and O–H groups in total. The molecular weight excluding hydrogens is 357 g/mol. The Bertz CT molecular complexity index is 1120. The number of nitrogens with zero attached hydrogens (tertiary/aromatic N) is 6. The van der Waals surface area contributed by atoms with Crippen molar-refractivity contribution in [3.8, 4) is 22.6 Å². The normalized spacial score (nSPS) is 10.9. The van der Waals surface area contributed by atoms with E-state index in [1.807, 2.05) is 18.2 Å². The molecule has 0 aliphatic heterocycles. The van der Waals surface area contributed by atoms with Gasteiger partial charge in [0.05, 0.1) is 29.8 Å². The zero-order valence-electron chi connectivity index (χ0n) is 15.2. The number of nitrogens with two attached hydrogens (primary N) is 1. The van der Waals surface area contributed by atoms with Crippen molar-refractivity contribution in [2.24, 2.45) is 0 Å². The Balaban J connectivity index is 1.64. The minimum Gasteiger partial charge on any atom is -0.368 e. The summed E-state index contributed by atoms with van der Waals surface area (Å²) in [6.45, 7) is 2.55. The highest BCUT2D eigenvalue weighted by Gasteiger charge is 2.13. The second kappa shape index (κ2) is 7.51. The second-order valence-corrected chi connectivity index (χ2v) is 6.25. The molecule has 140 valence electrons. The van der Waals surface area contributed by atoms with Crippen LogP contribution < -0.4 is 5.73 Å². The minimum atomic E-state index is -0.378. The van der Waals surface area contributed by atoms with Gasteiger partial charge in [-0.25, -0.2) is 19.0 Å². The van der Waals surface area contributed by atoms with Crippen LogP contribution in [0.4, 0.5) is 10.3 Å². The van der Waals surface area contributed by atoms with Gasteiger partial charge in [-0.1, -0.05) is 30.3 Å². The monoisotopic (exact) mass is 375 g/mol. The van der Waals surface area contributed by atoms with Crippen molar-refractivity contribution in [1.29, 1.82) is 0 Å². The number of aromatic nitrogens is 6. The van der Waals surface area contributed by atoms with E-state index in [1.54, 1.807) is 35.1 Å². The maximum Gasteiger partial charge on any atom is 0.221 e. The number of hydrogen-bond acceptors (Lipinski definition) is 6. The van der Waals surface area contributed by atoms with Crippen LogP contribution in [0.15, 0.2) is 54.7 Å². The second-order valence-electron chi connectivity index (χ2n) is 6.25. The Kier molecular flexibility index (Phi) is 4.76. The van der Waals surface area contributed by atoms with E-state index in [2.05, 4.69) is 32.2 Å². The van der Waals surface area contributed by atoms with Crippen molar-refractivity contribution in [1.82, 2.24) is 29.9 Å². The third kappa shape index (κ3) is 3.71. The maximum absolute atomic E-state index is 14.1. The van der Waals surface area contributed by atoms with Gasteiger partial charge in [-0.2, -0.15) is 0 Å². The van der Waals surface area contributed by atoms with Crippen molar-refractivity contribution < 1.29 is 4.39 Å². The molecule has 1 aromatic carbocycles. The molecule has 28 heavy (non-hydrogen) atoms. The van der Waals surface area contributed by atoms with Gasteiger partial charge in [0.15, 0.2) is 0 Å². The van der Waals surface area contributed by atoms with Gasteiger partial charge in [-0.05, 0) is 36.8 Å². The van der Waals surface area contributed by atoms with E-state index in [0.717, 1.165) is 17.8 Å². The number of nitrogen functional groups attached to an aromatic ring is 1. The summed E-state index contributed by atoms with van der Waals surface area (Å²) in [7, 11) is 0. The van der Waals surface area contributed by atoms with E-state index in [4.69, 9.17) is 5.73 Å². The fraction of sp³-hybridized carbons (Fsp3) is 0.150. The van der Waals surface area contributed by atoms with Gasteiger partial charge in [-0.3, -0.25) is 4.98 Å². The Morgan fingerprint density at radius 2 is 1.71 bits per heavy atom. The number of anilines is 1. The lowest BCUT2D eigenvalue weighted by Crippen LogP contribution is -2.03. The van der Waals surface area contributed by atoms with Crippen molar-refractivity contribution in [3.05, 3.63) is 71.9 Å². The standard InChI is InChI=1S/C20H18FN7/c1-2-13-6-5-7-14(23-13)11-28-12-19(26-27-28)18-10-17(24-20(22)25-18)15-8-3-4-9-16(15)21/h3-10,12H,2,11H2,1H3,(H2,22,24,25). The van der Waals surface area contributed by atoms with Crippen LogP contribution in [0.3, 0.4) is 0 Å². The van der Waals surface area contributed by atoms with Gasteiger partial charge in [-0.15, -0.1) is 5.10 Å². The molecule has 3 heterocycles. The molecule has 0 saturated carbocycles. The van der Waals surface area contributed by atoms with Crippen LogP contribution in [0.2, 0.25) is 0 Å². The van der Waals surface area contributed by atoms with Crippen molar-refractivity contribution >= 4 is 5.95 Å². The largest absolute Gasteiger partial charge is 0.368 e. The highest BCUT2D eigenvalue weighted by Crippen LogP contribution is 2.25. The third-order valence-corrected chi connectivity index (χ3v) is 4.25. The summed E-state index contributed by atoms with van der Waals surface area (Å²) in [5.74, 6) is -0.334. The molecule has 0 saturated heterocycles. The number of halogens is 1. The molecule has 8 heteroatoms. The summed E-state index contributed by atoms with van der Waals surface area (Å²) >= 11 is 0. The smallest absolute Gasteiger partial charge is 0.221 e. The SMILES string of the molecule is CCc1cccc(Cn2cc(-c3cc(-c4ccccc4F)nc(N)n3)nn2)n1. The lowest BCUT2D eigenvalue weighted by Gasteiger charge is -2.05. The fourth-order valence-electron chi connectivity index (χ4n) is 2.88. The first kappa shape index (κ1) is 17.7. The number of aryl methyl sites for hydroxylation is 1. The van der Waals surface area contributed by atoms with Crippen molar-refractivity contribution in [2.75, 3.05) is 5.73 Å². The molecule has 7 nitrogen and oxygen atoms in total. The Hall–Kier alpha value is -3.68. The van der Waals surface area contributed by atoms with E-state index < -0.39 is 0 Å².